The van der Waals surface area contributed by atoms with Gasteiger partial charge in [-0.15, -0.1) is 0 Å². The first-order valence-corrected chi connectivity index (χ1v) is 8.08. The van der Waals surface area contributed by atoms with Gasteiger partial charge in [-0.2, -0.15) is 0 Å². The van der Waals surface area contributed by atoms with Gasteiger partial charge in [-0.3, -0.25) is 0 Å². The van der Waals surface area contributed by atoms with Gasteiger partial charge >= 0.3 is 0 Å². The van der Waals surface area contributed by atoms with Crippen LogP contribution in [0.4, 0.5) is 5.82 Å². The van der Waals surface area contributed by atoms with E-state index >= 15 is 0 Å². The van der Waals surface area contributed by atoms with Crippen molar-refractivity contribution in [2.45, 2.75) is 20.0 Å². The van der Waals surface area contributed by atoms with E-state index in [-0.39, 0.29) is 0 Å². The molecule has 3 nitrogen and oxygen atoms in total. The van der Waals surface area contributed by atoms with E-state index in [0.29, 0.717) is 0 Å². The second-order valence-electron chi connectivity index (χ2n) is 4.86. The Morgan fingerprint density at radius 3 is 2.76 bits per heavy atom. The van der Waals surface area contributed by atoms with Crippen molar-refractivity contribution in [2.24, 2.45) is 0 Å². The highest BCUT2D eigenvalue weighted by Gasteiger charge is 2.11. The Morgan fingerprint density at radius 2 is 2.05 bits per heavy atom. The number of hydrogen-bond donors (Lipinski definition) is 1. The Hall–Kier alpha value is -1.10. The molecule has 0 saturated heterocycles. The highest BCUT2D eigenvalue weighted by molar-refractivity contribution is 9.10. The number of pyridine rings is 1. The Bertz CT molecular complexity index is 604. The largest absolute Gasteiger partial charge is 0.355 e. The maximum atomic E-state index is 6.24. The van der Waals surface area contributed by atoms with Crippen molar-refractivity contribution >= 4 is 33.3 Å². The normalized spacial score (nSPS) is 10.7. The molecule has 0 amide bonds. The molecule has 0 aliphatic rings. The first kappa shape index (κ1) is 16.3. The van der Waals surface area contributed by atoms with E-state index in [9.17, 15) is 0 Å². The SMILES string of the molecule is CCNCc1cc(Br)cnc1N(C)Cc1ccccc1Cl. The molecule has 1 aromatic carbocycles. The van der Waals surface area contributed by atoms with Gasteiger partial charge < -0.3 is 10.2 Å². The van der Waals surface area contributed by atoms with Gasteiger partial charge in [-0.05, 0) is 40.2 Å². The van der Waals surface area contributed by atoms with E-state index in [1.165, 1.54) is 5.56 Å². The lowest BCUT2D eigenvalue weighted by molar-refractivity contribution is 0.718. The molecule has 0 unspecified atom stereocenters. The first-order chi connectivity index (χ1) is 10.1. The lowest BCUT2D eigenvalue weighted by Crippen LogP contribution is -2.22. The number of hydrogen-bond acceptors (Lipinski definition) is 3. The summed E-state index contributed by atoms with van der Waals surface area (Å²) in [6.45, 7) is 4.55. The fraction of sp³-hybridized carbons (Fsp3) is 0.312. The summed E-state index contributed by atoms with van der Waals surface area (Å²) in [4.78, 5) is 6.68. The van der Waals surface area contributed by atoms with Crippen molar-refractivity contribution in [3.8, 4) is 0 Å². The van der Waals surface area contributed by atoms with Crippen LogP contribution in [0.1, 0.15) is 18.1 Å². The topological polar surface area (TPSA) is 28.2 Å². The standard InChI is InChI=1S/C16H19BrClN3/c1-3-19-9-13-8-14(17)10-20-16(13)21(2)11-12-6-4-5-7-15(12)18/h4-8,10,19H,3,9,11H2,1-2H3. The van der Waals surface area contributed by atoms with Crippen molar-refractivity contribution < 1.29 is 0 Å². The molecule has 0 atom stereocenters. The van der Waals surface area contributed by atoms with Crippen LogP contribution in [0, 0.1) is 0 Å². The minimum Gasteiger partial charge on any atom is -0.355 e. The summed E-state index contributed by atoms with van der Waals surface area (Å²) in [5.41, 5.74) is 2.27. The maximum Gasteiger partial charge on any atom is 0.133 e. The summed E-state index contributed by atoms with van der Waals surface area (Å²) in [5.74, 6) is 0.971. The van der Waals surface area contributed by atoms with E-state index in [1.54, 1.807) is 0 Å². The van der Waals surface area contributed by atoms with Crippen LogP contribution >= 0.6 is 27.5 Å². The second-order valence-corrected chi connectivity index (χ2v) is 6.19. The summed E-state index contributed by atoms with van der Waals surface area (Å²) in [6, 6.07) is 10.0. The minimum atomic E-state index is 0.730. The number of benzene rings is 1. The summed E-state index contributed by atoms with van der Waals surface area (Å²) in [7, 11) is 2.04. The molecule has 0 spiro atoms. The van der Waals surface area contributed by atoms with E-state index in [2.05, 4.69) is 44.1 Å². The predicted octanol–water partition coefficient (Wildman–Crippen LogP) is 4.24. The van der Waals surface area contributed by atoms with Crippen LogP contribution in [0.5, 0.6) is 0 Å². The Labute approximate surface area is 139 Å². The fourth-order valence-electron chi connectivity index (χ4n) is 2.16. The maximum absolute atomic E-state index is 6.24. The van der Waals surface area contributed by atoms with Crippen LogP contribution in [-0.2, 0) is 13.1 Å². The minimum absolute atomic E-state index is 0.730. The summed E-state index contributed by atoms with van der Waals surface area (Å²) in [5, 5.41) is 4.14. The molecule has 1 aromatic heterocycles. The Morgan fingerprint density at radius 1 is 1.29 bits per heavy atom. The highest BCUT2D eigenvalue weighted by Crippen LogP contribution is 2.24. The van der Waals surface area contributed by atoms with Gasteiger partial charge in [-0.25, -0.2) is 4.98 Å². The molecule has 0 saturated carbocycles. The zero-order valence-electron chi connectivity index (χ0n) is 12.2. The number of anilines is 1. The van der Waals surface area contributed by atoms with E-state index in [1.807, 2.05) is 37.5 Å². The van der Waals surface area contributed by atoms with Crippen molar-refractivity contribution in [1.82, 2.24) is 10.3 Å². The predicted molar refractivity (Wildman–Crippen MR) is 92.9 cm³/mol. The van der Waals surface area contributed by atoms with E-state index < -0.39 is 0 Å². The zero-order valence-corrected chi connectivity index (χ0v) is 14.6. The number of aromatic nitrogens is 1. The molecule has 0 fully saturated rings. The number of halogens is 2. The lowest BCUT2D eigenvalue weighted by atomic mass is 10.2. The van der Waals surface area contributed by atoms with Crippen molar-refractivity contribution in [2.75, 3.05) is 18.5 Å². The highest BCUT2D eigenvalue weighted by atomic mass is 79.9. The molecule has 21 heavy (non-hydrogen) atoms. The third-order valence-corrected chi connectivity index (χ3v) is 4.00. The molecule has 5 heteroatoms. The van der Waals surface area contributed by atoms with Crippen molar-refractivity contribution in [3.63, 3.8) is 0 Å². The molecular weight excluding hydrogens is 350 g/mol. The molecule has 0 aliphatic heterocycles. The number of rotatable bonds is 6. The average molecular weight is 369 g/mol. The molecule has 1 heterocycles. The van der Waals surface area contributed by atoms with E-state index in [0.717, 1.165) is 40.5 Å². The molecule has 0 aliphatic carbocycles. The zero-order chi connectivity index (χ0) is 15.2. The van der Waals surface area contributed by atoms with Gasteiger partial charge in [-0.1, -0.05) is 36.7 Å². The Kier molecular flexibility index (Phi) is 6.03. The molecule has 2 rings (SSSR count). The van der Waals surface area contributed by atoms with E-state index in [4.69, 9.17) is 11.6 Å². The van der Waals surface area contributed by atoms with Crippen LogP contribution < -0.4 is 10.2 Å². The molecule has 2 aromatic rings. The molecule has 1 N–H and O–H groups in total. The average Bonchev–Trinajstić information content (AvgIpc) is 2.47. The quantitative estimate of drug-likeness (QED) is 0.826. The third kappa shape index (κ3) is 4.43. The molecule has 0 radical (unpaired) electrons. The smallest absolute Gasteiger partial charge is 0.133 e. The van der Waals surface area contributed by atoms with Gasteiger partial charge in [0.1, 0.15) is 5.82 Å². The number of nitrogens with zero attached hydrogens (tertiary/aromatic N) is 2. The van der Waals surface area contributed by atoms with Gasteiger partial charge in [0.2, 0.25) is 0 Å². The molecular formula is C16H19BrClN3. The van der Waals surface area contributed by atoms with Crippen LogP contribution in [0.3, 0.4) is 0 Å². The number of nitrogens with one attached hydrogen (secondary N) is 1. The fourth-order valence-corrected chi connectivity index (χ4v) is 2.74. The summed E-state index contributed by atoms with van der Waals surface area (Å²) in [6.07, 6.45) is 1.83. The third-order valence-electron chi connectivity index (χ3n) is 3.20. The summed E-state index contributed by atoms with van der Waals surface area (Å²) >= 11 is 9.72. The van der Waals surface area contributed by atoms with Crippen LogP contribution in [-0.4, -0.2) is 18.6 Å². The lowest BCUT2D eigenvalue weighted by Gasteiger charge is -2.22. The summed E-state index contributed by atoms with van der Waals surface area (Å²) < 4.78 is 0.991. The van der Waals surface area contributed by atoms with Crippen LogP contribution in [0.25, 0.3) is 0 Å². The molecule has 0 bridgehead atoms. The molecule has 112 valence electrons. The first-order valence-electron chi connectivity index (χ1n) is 6.91. The van der Waals surface area contributed by atoms with Gasteiger partial charge in [0, 0.05) is 41.4 Å². The Balaban J connectivity index is 2.22. The van der Waals surface area contributed by atoms with Crippen LogP contribution in [0.15, 0.2) is 41.0 Å². The van der Waals surface area contributed by atoms with Gasteiger partial charge in [0.15, 0.2) is 0 Å². The van der Waals surface area contributed by atoms with Gasteiger partial charge in [0.25, 0.3) is 0 Å². The van der Waals surface area contributed by atoms with Crippen molar-refractivity contribution in [3.05, 3.63) is 57.2 Å². The van der Waals surface area contributed by atoms with Crippen molar-refractivity contribution in [1.29, 1.82) is 0 Å². The monoisotopic (exact) mass is 367 g/mol. The van der Waals surface area contributed by atoms with Gasteiger partial charge in [0.05, 0.1) is 0 Å². The van der Waals surface area contributed by atoms with Crippen LogP contribution in [0.2, 0.25) is 5.02 Å². The second kappa shape index (κ2) is 7.78.